The van der Waals surface area contributed by atoms with Crippen molar-refractivity contribution in [2.75, 3.05) is 20.6 Å². The highest BCUT2D eigenvalue weighted by Crippen LogP contribution is 2.25. The molecule has 1 aliphatic rings. The van der Waals surface area contributed by atoms with Crippen LogP contribution in [0.1, 0.15) is 31.2 Å². The van der Waals surface area contributed by atoms with Crippen LogP contribution in [0.4, 0.5) is 0 Å². The molecule has 0 heterocycles. The van der Waals surface area contributed by atoms with E-state index in [4.69, 9.17) is 5.73 Å². The van der Waals surface area contributed by atoms with Crippen molar-refractivity contribution in [1.82, 2.24) is 9.21 Å². The van der Waals surface area contributed by atoms with Gasteiger partial charge in [-0.1, -0.05) is 25.0 Å². The summed E-state index contributed by atoms with van der Waals surface area (Å²) >= 11 is 0. The number of nitrogens with two attached hydrogens (primary N) is 1. The number of rotatable bonds is 7. The van der Waals surface area contributed by atoms with Crippen LogP contribution in [0.25, 0.3) is 0 Å². The van der Waals surface area contributed by atoms with Crippen LogP contribution in [0, 0.1) is 0 Å². The molecule has 1 fully saturated rings. The van der Waals surface area contributed by atoms with Gasteiger partial charge in [-0.3, -0.25) is 9.69 Å². The fourth-order valence-electron chi connectivity index (χ4n) is 3.03. The second kappa shape index (κ2) is 7.42. The van der Waals surface area contributed by atoms with Gasteiger partial charge in [-0.05, 0) is 30.5 Å². The van der Waals surface area contributed by atoms with Crippen LogP contribution in [0.2, 0.25) is 0 Å². The number of primary amides is 1. The molecule has 0 aliphatic heterocycles. The van der Waals surface area contributed by atoms with Gasteiger partial charge in [-0.25, -0.2) is 12.7 Å². The standard InChI is InChI=1S/C16H25N3O3S/c1-18(2)23(21,22)15-9-5-6-13(10-15)11-19(12-16(17)20)14-7-3-4-8-14/h5-6,9-10,14H,3-4,7-8,11-12H2,1-2H3,(H2,17,20). The molecule has 1 amide bonds. The van der Waals surface area contributed by atoms with E-state index in [-0.39, 0.29) is 17.3 Å². The van der Waals surface area contributed by atoms with E-state index >= 15 is 0 Å². The average Bonchev–Trinajstić information content (AvgIpc) is 3.00. The largest absolute Gasteiger partial charge is 0.369 e. The minimum Gasteiger partial charge on any atom is -0.369 e. The Morgan fingerprint density at radius 1 is 1.26 bits per heavy atom. The van der Waals surface area contributed by atoms with Gasteiger partial charge in [0.25, 0.3) is 0 Å². The van der Waals surface area contributed by atoms with Crippen molar-refractivity contribution in [3.8, 4) is 0 Å². The molecule has 1 aliphatic carbocycles. The summed E-state index contributed by atoms with van der Waals surface area (Å²) in [7, 11) is -0.426. The molecule has 128 valence electrons. The van der Waals surface area contributed by atoms with E-state index in [0.717, 1.165) is 31.2 Å². The van der Waals surface area contributed by atoms with Gasteiger partial charge in [-0.2, -0.15) is 0 Å². The van der Waals surface area contributed by atoms with Gasteiger partial charge < -0.3 is 5.73 Å². The van der Waals surface area contributed by atoms with E-state index in [9.17, 15) is 13.2 Å². The lowest BCUT2D eigenvalue weighted by molar-refractivity contribution is -0.119. The lowest BCUT2D eigenvalue weighted by Crippen LogP contribution is -2.39. The van der Waals surface area contributed by atoms with Gasteiger partial charge in [0, 0.05) is 26.7 Å². The zero-order valence-corrected chi connectivity index (χ0v) is 14.6. The maximum absolute atomic E-state index is 12.2. The molecule has 2 N–H and O–H groups in total. The number of hydrogen-bond acceptors (Lipinski definition) is 4. The van der Waals surface area contributed by atoms with E-state index in [1.54, 1.807) is 18.2 Å². The normalized spacial score (nSPS) is 16.3. The second-order valence-electron chi connectivity index (χ2n) is 6.24. The van der Waals surface area contributed by atoms with Crippen LogP contribution in [0.5, 0.6) is 0 Å². The van der Waals surface area contributed by atoms with Crippen molar-refractivity contribution >= 4 is 15.9 Å². The average molecular weight is 339 g/mol. The van der Waals surface area contributed by atoms with Crippen LogP contribution in [-0.2, 0) is 21.4 Å². The molecule has 0 radical (unpaired) electrons. The maximum atomic E-state index is 12.2. The van der Waals surface area contributed by atoms with Gasteiger partial charge in [-0.15, -0.1) is 0 Å². The molecule has 1 saturated carbocycles. The highest BCUT2D eigenvalue weighted by Gasteiger charge is 2.24. The van der Waals surface area contributed by atoms with Gasteiger partial charge in [0.05, 0.1) is 11.4 Å². The molecule has 0 atom stereocenters. The van der Waals surface area contributed by atoms with Crippen LogP contribution in [0.3, 0.4) is 0 Å². The molecular weight excluding hydrogens is 314 g/mol. The molecular formula is C16H25N3O3S. The van der Waals surface area contributed by atoms with Crippen LogP contribution in [0.15, 0.2) is 29.2 Å². The van der Waals surface area contributed by atoms with Crippen molar-refractivity contribution < 1.29 is 13.2 Å². The molecule has 0 unspecified atom stereocenters. The van der Waals surface area contributed by atoms with Crippen molar-refractivity contribution in [3.63, 3.8) is 0 Å². The molecule has 2 rings (SSSR count). The second-order valence-corrected chi connectivity index (χ2v) is 8.40. The third-order valence-electron chi connectivity index (χ3n) is 4.26. The highest BCUT2D eigenvalue weighted by molar-refractivity contribution is 7.89. The van der Waals surface area contributed by atoms with Crippen LogP contribution in [-0.4, -0.2) is 50.2 Å². The summed E-state index contributed by atoms with van der Waals surface area (Å²) in [5, 5.41) is 0. The SMILES string of the molecule is CN(C)S(=O)(=O)c1cccc(CN(CC(N)=O)C2CCCC2)c1. The zero-order valence-electron chi connectivity index (χ0n) is 13.7. The predicted molar refractivity (Wildman–Crippen MR) is 89.2 cm³/mol. The summed E-state index contributed by atoms with van der Waals surface area (Å²) in [6, 6.07) is 7.24. The minimum atomic E-state index is -3.45. The number of carbonyl (C=O) groups is 1. The molecule has 0 aromatic heterocycles. The zero-order chi connectivity index (χ0) is 17.0. The van der Waals surface area contributed by atoms with Crippen molar-refractivity contribution in [1.29, 1.82) is 0 Å². The lowest BCUT2D eigenvalue weighted by atomic mass is 10.1. The molecule has 1 aromatic carbocycles. The fraction of sp³-hybridized carbons (Fsp3) is 0.562. The number of hydrogen-bond donors (Lipinski definition) is 1. The van der Waals surface area contributed by atoms with E-state index in [1.165, 1.54) is 18.4 Å². The third kappa shape index (κ3) is 4.53. The number of nitrogens with zero attached hydrogens (tertiary/aromatic N) is 2. The monoisotopic (exact) mass is 339 g/mol. The van der Waals surface area contributed by atoms with E-state index < -0.39 is 10.0 Å². The summed E-state index contributed by atoms with van der Waals surface area (Å²) in [5.74, 6) is -0.353. The van der Waals surface area contributed by atoms with Gasteiger partial charge in [0.15, 0.2) is 0 Å². The predicted octanol–water partition coefficient (Wildman–Crippen LogP) is 1.17. The summed E-state index contributed by atoms with van der Waals surface area (Å²) in [4.78, 5) is 13.7. The van der Waals surface area contributed by atoms with Crippen molar-refractivity contribution in [2.45, 2.75) is 43.2 Å². The first-order chi connectivity index (χ1) is 10.8. The first-order valence-corrected chi connectivity index (χ1v) is 9.28. The first-order valence-electron chi connectivity index (χ1n) is 7.84. The van der Waals surface area contributed by atoms with E-state index in [1.807, 2.05) is 6.07 Å². The maximum Gasteiger partial charge on any atom is 0.242 e. The van der Waals surface area contributed by atoms with Gasteiger partial charge in [0.1, 0.15) is 0 Å². The van der Waals surface area contributed by atoms with E-state index in [2.05, 4.69) is 4.90 Å². The number of benzene rings is 1. The Morgan fingerprint density at radius 3 is 2.48 bits per heavy atom. The molecule has 6 nitrogen and oxygen atoms in total. The smallest absolute Gasteiger partial charge is 0.242 e. The van der Waals surface area contributed by atoms with E-state index in [0.29, 0.717) is 12.6 Å². The summed E-state index contributed by atoms with van der Waals surface area (Å²) < 4.78 is 25.7. The number of sulfonamides is 1. The van der Waals surface area contributed by atoms with Crippen molar-refractivity contribution in [2.24, 2.45) is 5.73 Å². The highest BCUT2D eigenvalue weighted by atomic mass is 32.2. The quantitative estimate of drug-likeness (QED) is 0.808. The van der Waals surface area contributed by atoms with Gasteiger partial charge in [0.2, 0.25) is 15.9 Å². The number of amides is 1. The topological polar surface area (TPSA) is 83.7 Å². The lowest BCUT2D eigenvalue weighted by Gasteiger charge is -2.27. The molecule has 0 spiro atoms. The molecule has 23 heavy (non-hydrogen) atoms. The Balaban J connectivity index is 2.21. The molecule has 7 heteroatoms. The fourth-order valence-corrected chi connectivity index (χ4v) is 4.01. The molecule has 1 aromatic rings. The Morgan fingerprint density at radius 2 is 1.91 bits per heavy atom. The third-order valence-corrected chi connectivity index (χ3v) is 6.07. The number of carbonyl (C=O) groups excluding carboxylic acids is 1. The Bertz CT molecular complexity index is 652. The summed E-state index contributed by atoms with van der Waals surface area (Å²) in [5.41, 5.74) is 6.25. The molecule has 0 bridgehead atoms. The van der Waals surface area contributed by atoms with Crippen molar-refractivity contribution in [3.05, 3.63) is 29.8 Å². The summed E-state index contributed by atoms with van der Waals surface area (Å²) in [6.45, 7) is 0.736. The summed E-state index contributed by atoms with van der Waals surface area (Å²) in [6.07, 6.45) is 4.44. The molecule has 0 saturated heterocycles. The Hall–Kier alpha value is -1.44. The van der Waals surface area contributed by atoms with Gasteiger partial charge >= 0.3 is 0 Å². The Labute approximate surface area is 138 Å². The van der Waals surface area contributed by atoms with Crippen LogP contribution >= 0.6 is 0 Å². The first kappa shape index (κ1) is 17.9. The minimum absolute atomic E-state index is 0.204. The van der Waals surface area contributed by atoms with Crippen LogP contribution < -0.4 is 5.73 Å². The Kier molecular flexibility index (Phi) is 5.78.